The van der Waals surface area contributed by atoms with Crippen molar-refractivity contribution in [2.24, 2.45) is 7.05 Å². The van der Waals surface area contributed by atoms with Gasteiger partial charge in [-0.1, -0.05) is 0 Å². The second-order valence-corrected chi connectivity index (χ2v) is 5.91. The number of carbonyl (C=O) groups is 1. The molecule has 1 aliphatic heterocycles. The Bertz CT molecular complexity index is 795. The van der Waals surface area contributed by atoms with Gasteiger partial charge in [0.05, 0.1) is 6.54 Å². The number of nitrogens with one attached hydrogen (secondary N) is 3. The van der Waals surface area contributed by atoms with E-state index in [0.717, 1.165) is 41.3 Å². The van der Waals surface area contributed by atoms with Crippen molar-refractivity contribution >= 4 is 29.3 Å². The summed E-state index contributed by atoms with van der Waals surface area (Å²) < 4.78 is 1.89. The molecule has 1 aromatic carbocycles. The van der Waals surface area contributed by atoms with Crippen molar-refractivity contribution in [3.05, 3.63) is 35.0 Å². The molecule has 2 aromatic rings. The molecule has 0 saturated carbocycles. The van der Waals surface area contributed by atoms with E-state index in [1.165, 1.54) is 11.9 Å². The molecule has 7 heteroatoms. The number of hydrogen-bond donors (Lipinski definition) is 3. The van der Waals surface area contributed by atoms with Crippen molar-refractivity contribution in [3.63, 3.8) is 0 Å². The smallest absolute Gasteiger partial charge is 0.219 e. The topological polar surface area (TPSA) is 86.0 Å². The Morgan fingerprint density at radius 1 is 1.42 bits per heavy atom. The highest BCUT2D eigenvalue weighted by Gasteiger charge is 2.25. The highest BCUT2D eigenvalue weighted by atomic mass is 16.2. The summed E-state index contributed by atoms with van der Waals surface area (Å²) in [6, 6.07) is 5.76. The number of benzene rings is 1. The number of nitrogens with zero attached hydrogens (tertiary/aromatic N) is 3. The van der Waals surface area contributed by atoms with Crippen molar-refractivity contribution in [2.45, 2.75) is 19.9 Å². The van der Waals surface area contributed by atoms with Gasteiger partial charge in [-0.15, -0.1) is 0 Å². The summed E-state index contributed by atoms with van der Waals surface area (Å²) in [5.74, 6) is 0.867. The zero-order chi connectivity index (χ0) is 17.3. The molecule has 126 valence electrons. The van der Waals surface area contributed by atoms with Crippen molar-refractivity contribution < 1.29 is 4.79 Å². The summed E-state index contributed by atoms with van der Waals surface area (Å²) in [7, 11) is 3.77. The number of fused-ring (bicyclic) bond motifs is 1. The highest BCUT2D eigenvalue weighted by molar-refractivity contribution is 5.87. The van der Waals surface area contributed by atoms with Crippen molar-refractivity contribution in [1.29, 1.82) is 5.41 Å². The lowest BCUT2D eigenvalue weighted by molar-refractivity contribution is -0.129. The van der Waals surface area contributed by atoms with E-state index in [4.69, 9.17) is 5.41 Å². The second-order valence-electron chi connectivity index (χ2n) is 5.91. The summed E-state index contributed by atoms with van der Waals surface area (Å²) in [5.41, 5.74) is 4.84. The minimum absolute atomic E-state index is 0.0864. The lowest BCUT2D eigenvalue weighted by atomic mass is 10.1. The van der Waals surface area contributed by atoms with Gasteiger partial charge < -0.3 is 20.9 Å². The normalized spacial score (nSPS) is 13.4. The molecule has 0 atom stereocenters. The van der Waals surface area contributed by atoms with Crippen LogP contribution >= 0.6 is 0 Å². The lowest BCUT2D eigenvalue weighted by Gasteiger charge is -2.26. The Morgan fingerprint density at radius 2 is 2.21 bits per heavy atom. The molecule has 0 fully saturated rings. The monoisotopic (exact) mass is 326 g/mol. The van der Waals surface area contributed by atoms with Crippen LogP contribution in [0, 0.1) is 5.41 Å². The summed E-state index contributed by atoms with van der Waals surface area (Å²) in [4.78, 5) is 13.5. The first-order valence-electron chi connectivity index (χ1n) is 7.93. The molecule has 0 bridgehead atoms. The van der Waals surface area contributed by atoms with Gasteiger partial charge in [-0.3, -0.25) is 9.48 Å². The van der Waals surface area contributed by atoms with Gasteiger partial charge in [-0.2, -0.15) is 5.10 Å². The van der Waals surface area contributed by atoms with Crippen molar-refractivity contribution in [3.8, 4) is 0 Å². The van der Waals surface area contributed by atoms with Gasteiger partial charge in [0.1, 0.15) is 0 Å². The van der Waals surface area contributed by atoms with Crippen molar-refractivity contribution in [1.82, 2.24) is 14.7 Å². The third-order valence-electron chi connectivity index (χ3n) is 4.43. The zero-order valence-corrected chi connectivity index (χ0v) is 14.2. The molecule has 0 radical (unpaired) electrons. The van der Waals surface area contributed by atoms with Crippen LogP contribution in [0.1, 0.15) is 23.7 Å². The average Bonchev–Trinajstić information content (AvgIpc) is 2.90. The first-order chi connectivity index (χ1) is 11.5. The molecule has 2 heterocycles. The van der Waals surface area contributed by atoms with Crippen LogP contribution in [0.5, 0.6) is 0 Å². The molecule has 0 aliphatic carbocycles. The standard InChI is InChI=1S/C17H22N6O/c1-11(24)23-7-6-16-14(10-23)17(21-22(16)3)20-13-5-4-12(9-18)15(8-13)19-2/h4-5,8-9,18-19H,6-7,10H2,1-3H3,(H,20,21). The predicted octanol–water partition coefficient (Wildman–Crippen LogP) is 2.11. The summed E-state index contributed by atoms with van der Waals surface area (Å²) in [5, 5.41) is 18.5. The largest absolute Gasteiger partial charge is 0.388 e. The predicted molar refractivity (Wildman–Crippen MR) is 95.2 cm³/mol. The maximum Gasteiger partial charge on any atom is 0.219 e. The van der Waals surface area contributed by atoms with Crippen LogP contribution in [0.3, 0.4) is 0 Å². The molecule has 1 aromatic heterocycles. The third-order valence-corrected chi connectivity index (χ3v) is 4.43. The first-order valence-corrected chi connectivity index (χ1v) is 7.93. The summed E-state index contributed by atoms with van der Waals surface area (Å²) in [6.45, 7) is 2.92. The number of hydrogen-bond acceptors (Lipinski definition) is 5. The highest BCUT2D eigenvalue weighted by Crippen LogP contribution is 2.29. The molecule has 24 heavy (non-hydrogen) atoms. The summed E-state index contributed by atoms with van der Waals surface area (Å²) >= 11 is 0. The van der Waals surface area contributed by atoms with E-state index in [1.807, 2.05) is 41.9 Å². The van der Waals surface area contributed by atoms with Crippen molar-refractivity contribution in [2.75, 3.05) is 24.2 Å². The number of carbonyl (C=O) groups excluding carboxylic acids is 1. The van der Waals surface area contributed by atoms with Gasteiger partial charge in [0.25, 0.3) is 0 Å². The van der Waals surface area contributed by atoms with Crippen LogP contribution in [0.4, 0.5) is 17.2 Å². The average molecular weight is 326 g/mol. The number of aryl methyl sites for hydroxylation is 1. The molecule has 0 spiro atoms. The third kappa shape index (κ3) is 2.84. The fourth-order valence-electron chi connectivity index (χ4n) is 3.07. The fourth-order valence-corrected chi connectivity index (χ4v) is 3.07. The van der Waals surface area contributed by atoms with E-state index in [-0.39, 0.29) is 5.91 Å². The molecular formula is C17H22N6O. The maximum absolute atomic E-state index is 11.7. The SMILES string of the molecule is CNc1cc(Nc2nn(C)c3c2CN(C(C)=O)CC3)ccc1C=N. The first kappa shape index (κ1) is 16.0. The second kappa shape index (κ2) is 6.35. The zero-order valence-electron chi connectivity index (χ0n) is 14.2. The molecule has 0 saturated heterocycles. The maximum atomic E-state index is 11.7. The van der Waals surface area contributed by atoms with Crippen LogP contribution in [-0.2, 0) is 24.8 Å². The minimum atomic E-state index is 0.0864. The Hall–Kier alpha value is -2.83. The van der Waals surface area contributed by atoms with E-state index in [2.05, 4.69) is 15.7 Å². The number of amides is 1. The van der Waals surface area contributed by atoms with E-state index < -0.39 is 0 Å². The molecule has 7 nitrogen and oxygen atoms in total. The molecule has 0 unspecified atom stereocenters. The number of rotatable bonds is 4. The van der Waals surface area contributed by atoms with E-state index in [0.29, 0.717) is 6.54 Å². The molecule has 1 amide bonds. The van der Waals surface area contributed by atoms with Gasteiger partial charge in [0, 0.05) is 68.4 Å². The number of aromatic nitrogens is 2. The summed E-state index contributed by atoms with van der Waals surface area (Å²) in [6.07, 6.45) is 2.14. The Kier molecular flexibility index (Phi) is 4.24. The van der Waals surface area contributed by atoms with Gasteiger partial charge in [0.2, 0.25) is 5.91 Å². The van der Waals surface area contributed by atoms with E-state index in [9.17, 15) is 4.79 Å². The fraction of sp³-hybridized carbons (Fsp3) is 0.353. The van der Waals surface area contributed by atoms with Crippen LogP contribution in [0.2, 0.25) is 0 Å². The molecule has 3 rings (SSSR count). The Balaban J connectivity index is 1.92. The van der Waals surface area contributed by atoms with Gasteiger partial charge in [0.15, 0.2) is 5.82 Å². The Morgan fingerprint density at radius 3 is 2.88 bits per heavy atom. The van der Waals surface area contributed by atoms with Crippen LogP contribution in [-0.4, -0.2) is 40.4 Å². The lowest BCUT2D eigenvalue weighted by Crippen LogP contribution is -2.34. The Labute approximate surface area is 141 Å². The quantitative estimate of drug-likeness (QED) is 0.751. The molecule has 1 aliphatic rings. The molecule has 3 N–H and O–H groups in total. The van der Waals surface area contributed by atoms with Gasteiger partial charge in [-0.05, 0) is 18.2 Å². The van der Waals surface area contributed by atoms with E-state index in [1.54, 1.807) is 6.92 Å². The van der Waals surface area contributed by atoms with Gasteiger partial charge in [-0.25, -0.2) is 0 Å². The van der Waals surface area contributed by atoms with Crippen LogP contribution in [0.25, 0.3) is 0 Å². The molecular weight excluding hydrogens is 304 g/mol. The number of anilines is 3. The van der Waals surface area contributed by atoms with E-state index >= 15 is 0 Å². The van der Waals surface area contributed by atoms with Crippen LogP contribution in [0.15, 0.2) is 18.2 Å². The van der Waals surface area contributed by atoms with Gasteiger partial charge >= 0.3 is 0 Å². The minimum Gasteiger partial charge on any atom is -0.388 e. The van der Waals surface area contributed by atoms with Crippen LogP contribution < -0.4 is 10.6 Å².